The van der Waals surface area contributed by atoms with Crippen LogP contribution in [-0.4, -0.2) is 23.5 Å². The Labute approximate surface area is 147 Å². The van der Waals surface area contributed by atoms with Gasteiger partial charge in [-0.05, 0) is 36.1 Å². The molecule has 1 atom stereocenters. The number of hydrogen-bond acceptors (Lipinski definition) is 2. The Morgan fingerprint density at radius 2 is 1.84 bits per heavy atom. The summed E-state index contributed by atoms with van der Waals surface area (Å²) in [6.07, 6.45) is 2.87. The van der Waals surface area contributed by atoms with Gasteiger partial charge in [0.05, 0.1) is 11.6 Å². The lowest BCUT2D eigenvalue weighted by atomic mass is 9.98. The van der Waals surface area contributed by atoms with Gasteiger partial charge in [-0.25, -0.2) is 4.79 Å². The largest absolute Gasteiger partial charge is 0.478 e. The number of para-hydroxylation sites is 1. The van der Waals surface area contributed by atoms with Crippen molar-refractivity contribution < 1.29 is 14.7 Å². The van der Waals surface area contributed by atoms with E-state index in [-0.39, 0.29) is 11.8 Å². The zero-order chi connectivity index (χ0) is 17.8. The maximum atomic E-state index is 12.9. The summed E-state index contributed by atoms with van der Waals surface area (Å²) in [5.74, 6) is -0.990. The number of hydrogen-bond donors (Lipinski definition) is 1. The highest BCUT2D eigenvalue weighted by Crippen LogP contribution is 2.34. The molecule has 1 amide bonds. The molecule has 25 heavy (non-hydrogen) atoms. The van der Waals surface area contributed by atoms with E-state index < -0.39 is 5.97 Å². The predicted molar refractivity (Wildman–Crippen MR) is 98.5 cm³/mol. The number of nitrogens with zero attached hydrogens (tertiary/aromatic N) is 1. The van der Waals surface area contributed by atoms with Crippen molar-refractivity contribution in [3.8, 4) is 0 Å². The first-order valence-corrected chi connectivity index (χ1v) is 8.51. The van der Waals surface area contributed by atoms with Crippen LogP contribution in [0.4, 0.5) is 5.69 Å². The summed E-state index contributed by atoms with van der Waals surface area (Å²) in [4.78, 5) is 26.0. The second-order valence-electron chi connectivity index (χ2n) is 6.13. The maximum absolute atomic E-state index is 12.9. The molecule has 1 N–H and O–H groups in total. The average Bonchev–Trinajstić information content (AvgIpc) is 3.01. The van der Waals surface area contributed by atoms with Crippen LogP contribution in [-0.2, 0) is 9.59 Å². The SMILES string of the molecule is CC/C(=C\c1ccccc1N1CCC(c2ccccc2)C1=O)C(=O)O. The van der Waals surface area contributed by atoms with Gasteiger partial charge >= 0.3 is 5.97 Å². The fourth-order valence-corrected chi connectivity index (χ4v) is 3.27. The zero-order valence-electron chi connectivity index (χ0n) is 14.2. The maximum Gasteiger partial charge on any atom is 0.331 e. The van der Waals surface area contributed by atoms with Crippen molar-refractivity contribution in [3.63, 3.8) is 0 Å². The van der Waals surface area contributed by atoms with Crippen LogP contribution in [0.5, 0.6) is 0 Å². The highest BCUT2D eigenvalue weighted by atomic mass is 16.4. The van der Waals surface area contributed by atoms with Crippen molar-refractivity contribution in [2.24, 2.45) is 0 Å². The Kier molecular flexibility index (Phi) is 4.98. The number of carboxylic acids is 1. The number of anilines is 1. The average molecular weight is 335 g/mol. The topological polar surface area (TPSA) is 57.6 Å². The van der Waals surface area contributed by atoms with Crippen molar-refractivity contribution in [3.05, 3.63) is 71.3 Å². The molecule has 2 aromatic carbocycles. The molecule has 0 spiro atoms. The lowest BCUT2D eigenvalue weighted by Crippen LogP contribution is -2.27. The van der Waals surface area contributed by atoms with E-state index in [2.05, 4.69) is 0 Å². The van der Waals surface area contributed by atoms with Crippen molar-refractivity contribution in [2.45, 2.75) is 25.7 Å². The van der Waals surface area contributed by atoms with Crippen LogP contribution in [0.1, 0.15) is 36.8 Å². The first-order chi connectivity index (χ1) is 12.1. The molecule has 0 aliphatic carbocycles. The Hall–Kier alpha value is -2.88. The molecular formula is C21H21NO3. The lowest BCUT2D eigenvalue weighted by molar-refractivity contribution is -0.132. The molecule has 1 fully saturated rings. The normalized spacial score (nSPS) is 17.8. The zero-order valence-corrected chi connectivity index (χ0v) is 14.2. The standard InChI is InChI=1S/C21H21NO3/c1-2-15(21(24)25)14-17-10-6-7-11-19(17)22-13-12-18(20(22)23)16-8-4-3-5-9-16/h3-11,14,18H,2,12-13H2,1H3,(H,24,25)/b15-14+. The van der Waals surface area contributed by atoms with E-state index in [0.29, 0.717) is 18.5 Å². The Morgan fingerprint density at radius 1 is 1.16 bits per heavy atom. The summed E-state index contributed by atoms with van der Waals surface area (Å²) in [5, 5.41) is 9.28. The van der Waals surface area contributed by atoms with Gasteiger partial charge < -0.3 is 10.0 Å². The summed E-state index contributed by atoms with van der Waals surface area (Å²) in [6, 6.07) is 17.3. The second kappa shape index (κ2) is 7.34. The fraction of sp³-hybridized carbons (Fsp3) is 0.238. The highest BCUT2D eigenvalue weighted by Gasteiger charge is 2.34. The quantitative estimate of drug-likeness (QED) is 0.838. The van der Waals surface area contributed by atoms with E-state index in [0.717, 1.165) is 23.2 Å². The predicted octanol–water partition coefficient (Wildman–Crippen LogP) is 4.09. The smallest absolute Gasteiger partial charge is 0.331 e. The van der Waals surface area contributed by atoms with Crippen LogP contribution >= 0.6 is 0 Å². The van der Waals surface area contributed by atoms with Crippen LogP contribution in [0.3, 0.4) is 0 Å². The van der Waals surface area contributed by atoms with Crippen molar-refractivity contribution >= 4 is 23.6 Å². The molecule has 128 valence electrons. The van der Waals surface area contributed by atoms with Crippen molar-refractivity contribution in [2.75, 3.05) is 11.4 Å². The summed E-state index contributed by atoms with van der Waals surface area (Å²) < 4.78 is 0. The third-order valence-corrected chi connectivity index (χ3v) is 4.62. The molecule has 1 aliphatic rings. The summed E-state index contributed by atoms with van der Waals surface area (Å²) in [6.45, 7) is 2.45. The van der Waals surface area contributed by atoms with Crippen LogP contribution in [0, 0.1) is 0 Å². The van der Waals surface area contributed by atoms with Crippen LogP contribution in [0.25, 0.3) is 6.08 Å². The molecule has 0 radical (unpaired) electrons. The minimum absolute atomic E-state index is 0.0698. The Morgan fingerprint density at radius 3 is 2.52 bits per heavy atom. The van der Waals surface area contributed by atoms with Crippen LogP contribution in [0.2, 0.25) is 0 Å². The Bertz CT molecular complexity index is 811. The first-order valence-electron chi connectivity index (χ1n) is 8.51. The summed E-state index contributed by atoms with van der Waals surface area (Å²) >= 11 is 0. The van der Waals surface area contributed by atoms with Gasteiger partial charge in [0.15, 0.2) is 0 Å². The number of rotatable bonds is 5. The minimum Gasteiger partial charge on any atom is -0.478 e. The van der Waals surface area contributed by atoms with Crippen LogP contribution in [0.15, 0.2) is 60.2 Å². The number of carboxylic acid groups (broad SMARTS) is 1. The van der Waals surface area contributed by atoms with E-state index in [1.54, 1.807) is 11.0 Å². The van der Waals surface area contributed by atoms with Gasteiger partial charge in [-0.15, -0.1) is 0 Å². The third-order valence-electron chi connectivity index (χ3n) is 4.62. The van der Waals surface area contributed by atoms with Crippen LogP contribution < -0.4 is 4.90 Å². The monoisotopic (exact) mass is 335 g/mol. The molecule has 1 heterocycles. The van der Waals surface area contributed by atoms with Gasteiger partial charge in [0.25, 0.3) is 0 Å². The van der Waals surface area contributed by atoms with Gasteiger partial charge in [0, 0.05) is 12.1 Å². The summed E-state index contributed by atoms with van der Waals surface area (Å²) in [7, 11) is 0. The molecule has 0 aromatic heterocycles. The molecular weight excluding hydrogens is 314 g/mol. The van der Waals surface area contributed by atoms with Gasteiger partial charge in [-0.1, -0.05) is 55.5 Å². The number of carbonyl (C=O) groups is 2. The van der Waals surface area contributed by atoms with Gasteiger partial charge in [0.2, 0.25) is 5.91 Å². The highest BCUT2D eigenvalue weighted by molar-refractivity contribution is 6.02. The molecule has 1 saturated heterocycles. The van der Waals surface area contributed by atoms with E-state index in [9.17, 15) is 14.7 Å². The molecule has 0 bridgehead atoms. The number of carbonyl (C=O) groups excluding carboxylic acids is 1. The fourth-order valence-electron chi connectivity index (χ4n) is 3.27. The van der Waals surface area contributed by atoms with Gasteiger partial charge in [-0.2, -0.15) is 0 Å². The Balaban J connectivity index is 1.93. The molecule has 1 unspecified atom stereocenters. The van der Waals surface area contributed by atoms with Crippen molar-refractivity contribution in [1.29, 1.82) is 0 Å². The van der Waals surface area contributed by atoms with Gasteiger partial charge in [0.1, 0.15) is 0 Å². The third kappa shape index (κ3) is 3.48. The number of amides is 1. The van der Waals surface area contributed by atoms with E-state index in [1.165, 1.54) is 0 Å². The van der Waals surface area contributed by atoms with Crippen molar-refractivity contribution in [1.82, 2.24) is 0 Å². The molecule has 3 rings (SSSR count). The number of benzene rings is 2. The van der Waals surface area contributed by atoms with E-state index in [1.807, 2.05) is 61.5 Å². The molecule has 0 saturated carbocycles. The van der Waals surface area contributed by atoms with Gasteiger partial charge in [-0.3, -0.25) is 4.79 Å². The van der Waals surface area contributed by atoms with E-state index in [4.69, 9.17) is 0 Å². The molecule has 1 aliphatic heterocycles. The lowest BCUT2D eigenvalue weighted by Gasteiger charge is -2.20. The molecule has 4 heteroatoms. The number of aliphatic carboxylic acids is 1. The van der Waals surface area contributed by atoms with E-state index >= 15 is 0 Å². The molecule has 2 aromatic rings. The second-order valence-corrected chi connectivity index (χ2v) is 6.13. The minimum atomic E-state index is -0.924. The summed E-state index contributed by atoms with van der Waals surface area (Å²) in [5.41, 5.74) is 2.91. The first kappa shape index (κ1) is 17.0. The molecule has 4 nitrogen and oxygen atoms in total.